The SMILES string of the molecule is COc1ccccc1[C@H]1CN(C)C[C@H]1C(=O)O. The summed E-state index contributed by atoms with van der Waals surface area (Å²) in [5.74, 6) is -0.297. The monoisotopic (exact) mass is 235 g/mol. The molecular weight excluding hydrogens is 218 g/mol. The standard InChI is InChI=1S/C13H17NO3/c1-14-7-10(11(8-14)13(15)16)9-5-3-4-6-12(9)17-2/h3-6,10-11H,7-8H2,1-2H3,(H,15,16)/t10-,11-/m1/s1. The van der Waals surface area contributed by atoms with Crippen molar-refractivity contribution in [2.45, 2.75) is 5.92 Å². The zero-order chi connectivity index (χ0) is 12.4. The number of para-hydroxylation sites is 1. The van der Waals surface area contributed by atoms with E-state index in [-0.39, 0.29) is 11.8 Å². The van der Waals surface area contributed by atoms with Gasteiger partial charge in [0.15, 0.2) is 0 Å². The van der Waals surface area contributed by atoms with Gasteiger partial charge in [-0.25, -0.2) is 0 Å². The van der Waals surface area contributed by atoms with E-state index in [1.54, 1.807) is 7.11 Å². The van der Waals surface area contributed by atoms with E-state index in [0.717, 1.165) is 17.9 Å². The van der Waals surface area contributed by atoms with Crippen LogP contribution < -0.4 is 4.74 Å². The van der Waals surface area contributed by atoms with Gasteiger partial charge in [-0.1, -0.05) is 18.2 Å². The van der Waals surface area contributed by atoms with Gasteiger partial charge in [-0.3, -0.25) is 4.79 Å². The van der Waals surface area contributed by atoms with E-state index in [2.05, 4.69) is 4.90 Å². The first-order valence-corrected chi connectivity index (χ1v) is 5.67. The number of benzene rings is 1. The van der Waals surface area contributed by atoms with Gasteiger partial charge < -0.3 is 14.7 Å². The molecule has 0 radical (unpaired) electrons. The lowest BCUT2D eigenvalue weighted by atomic mass is 9.88. The molecule has 92 valence electrons. The molecule has 1 aliphatic heterocycles. The van der Waals surface area contributed by atoms with Crippen molar-refractivity contribution in [3.05, 3.63) is 29.8 Å². The van der Waals surface area contributed by atoms with E-state index < -0.39 is 5.97 Å². The Morgan fingerprint density at radius 3 is 2.76 bits per heavy atom. The molecule has 1 aliphatic rings. The Morgan fingerprint density at radius 1 is 1.41 bits per heavy atom. The molecule has 2 atom stereocenters. The highest BCUT2D eigenvalue weighted by Gasteiger charge is 2.38. The number of hydrogen-bond donors (Lipinski definition) is 1. The minimum absolute atomic E-state index is 0.00801. The number of hydrogen-bond acceptors (Lipinski definition) is 3. The third-order valence-corrected chi connectivity index (χ3v) is 3.36. The summed E-state index contributed by atoms with van der Waals surface area (Å²) in [6, 6.07) is 7.66. The summed E-state index contributed by atoms with van der Waals surface area (Å²) in [6.45, 7) is 1.36. The van der Waals surface area contributed by atoms with Gasteiger partial charge >= 0.3 is 5.97 Å². The van der Waals surface area contributed by atoms with Crippen LogP contribution in [-0.4, -0.2) is 43.2 Å². The molecule has 1 N–H and O–H groups in total. The van der Waals surface area contributed by atoms with E-state index >= 15 is 0 Å². The van der Waals surface area contributed by atoms with Crippen molar-refractivity contribution in [1.29, 1.82) is 0 Å². The molecule has 1 fully saturated rings. The van der Waals surface area contributed by atoms with E-state index in [9.17, 15) is 9.90 Å². The number of rotatable bonds is 3. The maximum atomic E-state index is 11.3. The molecule has 1 saturated heterocycles. The average molecular weight is 235 g/mol. The van der Waals surface area contributed by atoms with Gasteiger partial charge in [0, 0.05) is 19.0 Å². The van der Waals surface area contributed by atoms with Crippen molar-refractivity contribution in [1.82, 2.24) is 4.90 Å². The van der Waals surface area contributed by atoms with Crippen LogP contribution in [-0.2, 0) is 4.79 Å². The van der Waals surface area contributed by atoms with Gasteiger partial charge in [0.1, 0.15) is 5.75 Å². The first-order chi connectivity index (χ1) is 8.13. The number of carboxylic acids is 1. The van der Waals surface area contributed by atoms with Gasteiger partial charge in [0.2, 0.25) is 0 Å². The Balaban J connectivity index is 2.34. The quantitative estimate of drug-likeness (QED) is 0.861. The Hall–Kier alpha value is -1.55. The van der Waals surface area contributed by atoms with Crippen LogP contribution in [0.4, 0.5) is 0 Å². The van der Waals surface area contributed by atoms with Gasteiger partial charge in [-0.2, -0.15) is 0 Å². The molecular formula is C13H17NO3. The summed E-state index contributed by atoms with van der Waals surface area (Å²) >= 11 is 0. The predicted molar refractivity (Wildman–Crippen MR) is 64.4 cm³/mol. The lowest BCUT2D eigenvalue weighted by molar-refractivity contribution is -0.141. The smallest absolute Gasteiger partial charge is 0.308 e. The lowest BCUT2D eigenvalue weighted by Crippen LogP contribution is -2.21. The molecule has 4 heteroatoms. The summed E-state index contributed by atoms with van der Waals surface area (Å²) in [4.78, 5) is 13.3. The normalized spacial score (nSPS) is 24.8. The Morgan fingerprint density at radius 2 is 2.12 bits per heavy atom. The summed E-state index contributed by atoms with van der Waals surface area (Å²) in [6.07, 6.45) is 0. The first-order valence-electron chi connectivity index (χ1n) is 5.67. The molecule has 2 rings (SSSR count). The number of carbonyl (C=O) groups is 1. The fourth-order valence-corrected chi connectivity index (χ4v) is 2.54. The molecule has 0 aromatic heterocycles. The van der Waals surface area contributed by atoms with Crippen LogP contribution in [0, 0.1) is 5.92 Å². The fraction of sp³-hybridized carbons (Fsp3) is 0.462. The van der Waals surface area contributed by atoms with E-state index in [1.165, 1.54) is 0 Å². The summed E-state index contributed by atoms with van der Waals surface area (Å²) in [5.41, 5.74) is 0.992. The highest BCUT2D eigenvalue weighted by molar-refractivity contribution is 5.72. The maximum absolute atomic E-state index is 11.3. The number of ether oxygens (including phenoxy) is 1. The first kappa shape index (κ1) is 11.9. The van der Waals surface area contributed by atoms with Gasteiger partial charge in [-0.15, -0.1) is 0 Å². The minimum Gasteiger partial charge on any atom is -0.496 e. The second kappa shape index (κ2) is 4.75. The largest absolute Gasteiger partial charge is 0.496 e. The lowest BCUT2D eigenvalue weighted by Gasteiger charge is -2.17. The minimum atomic E-state index is -0.731. The second-order valence-electron chi connectivity index (χ2n) is 4.51. The van der Waals surface area contributed by atoms with Crippen LogP contribution >= 0.6 is 0 Å². The van der Waals surface area contributed by atoms with E-state index in [1.807, 2.05) is 31.3 Å². The van der Waals surface area contributed by atoms with Gasteiger partial charge in [0.05, 0.1) is 13.0 Å². The van der Waals surface area contributed by atoms with Crippen LogP contribution in [0.1, 0.15) is 11.5 Å². The van der Waals surface area contributed by atoms with Crippen molar-refractivity contribution in [3.63, 3.8) is 0 Å². The fourth-order valence-electron chi connectivity index (χ4n) is 2.54. The Labute approximate surface area is 101 Å². The van der Waals surface area contributed by atoms with E-state index in [0.29, 0.717) is 6.54 Å². The van der Waals surface area contributed by atoms with Crippen molar-refractivity contribution in [2.75, 3.05) is 27.2 Å². The zero-order valence-electron chi connectivity index (χ0n) is 10.1. The van der Waals surface area contributed by atoms with Gasteiger partial charge in [0.25, 0.3) is 0 Å². The highest BCUT2D eigenvalue weighted by atomic mass is 16.5. The Kier molecular flexibility index (Phi) is 3.33. The van der Waals surface area contributed by atoms with Crippen LogP contribution in [0.2, 0.25) is 0 Å². The van der Waals surface area contributed by atoms with Crippen molar-refractivity contribution in [2.24, 2.45) is 5.92 Å². The summed E-state index contributed by atoms with van der Waals surface area (Å²) in [5, 5.41) is 9.26. The van der Waals surface area contributed by atoms with Crippen LogP contribution in [0.3, 0.4) is 0 Å². The topological polar surface area (TPSA) is 49.8 Å². The maximum Gasteiger partial charge on any atom is 0.308 e. The average Bonchev–Trinajstić information content (AvgIpc) is 2.71. The molecule has 1 aromatic rings. The highest BCUT2D eigenvalue weighted by Crippen LogP contribution is 2.36. The molecule has 17 heavy (non-hydrogen) atoms. The molecule has 0 aliphatic carbocycles. The third-order valence-electron chi connectivity index (χ3n) is 3.36. The van der Waals surface area contributed by atoms with Crippen LogP contribution in [0.5, 0.6) is 5.75 Å². The molecule has 1 aromatic carbocycles. The number of nitrogens with zero attached hydrogens (tertiary/aromatic N) is 1. The van der Waals surface area contributed by atoms with Crippen LogP contribution in [0.25, 0.3) is 0 Å². The van der Waals surface area contributed by atoms with Crippen molar-refractivity contribution >= 4 is 5.97 Å². The summed E-state index contributed by atoms with van der Waals surface area (Å²) in [7, 11) is 3.57. The number of methoxy groups -OCH3 is 1. The second-order valence-corrected chi connectivity index (χ2v) is 4.51. The number of aliphatic carboxylic acids is 1. The molecule has 1 heterocycles. The summed E-state index contributed by atoms with van der Waals surface area (Å²) < 4.78 is 5.31. The molecule has 0 saturated carbocycles. The van der Waals surface area contributed by atoms with Crippen LogP contribution in [0.15, 0.2) is 24.3 Å². The molecule has 0 bridgehead atoms. The van der Waals surface area contributed by atoms with Gasteiger partial charge in [-0.05, 0) is 18.7 Å². The third kappa shape index (κ3) is 2.26. The van der Waals surface area contributed by atoms with E-state index in [4.69, 9.17) is 4.74 Å². The number of likely N-dealkylation sites (N-methyl/N-ethyl adjacent to an activating group) is 1. The molecule has 0 unspecified atom stereocenters. The molecule has 0 spiro atoms. The molecule has 4 nitrogen and oxygen atoms in total. The number of carboxylic acid groups (broad SMARTS) is 1. The zero-order valence-corrected chi connectivity index (χ0v) is 10.1. The number of likely N-dealkylation sites (tertiary alicyclic amines) is 1. The molecule has 0 amide bonds. The van der Waals surface area contributed by atoms with Crippen molar-refractivity contribution < 1.29 is 14.6 Å². The predicted octanol–water partition coefficient (Wildman–Crippen LogP) is 1.43. The Bertz CT molecular complexity index is 419. The van der Waals surface area contributed by atoms with Crippen molar-refractivity contribution in [3.8, 4) is 5.75 Å².